The molecule has 1 aromatic rings. The van der Waals surface area contributed by atoms with Crippen LogP contribution in [0.2, 0.25) is 0 Å². The fourth-order valence-corrected chi connectivity index (χ4v) is 5.07. The Morgan fingerprint density at radius 2 is 2.17 bits per heavy atom. The highest BCUT2D eigenvalue weighted by molar-refractivity contribution is 7.10. The SMILES string of the molecule is O=C1N(CC2CCC2)CCCC1(O)CN1CCc2sccc2C1. The fraction of sp³-hybridized carbons (Fsp3) is 0.722. The standard InChI is InChI=1S/C18H26N2O2S/c21-17-18(22,7-2-8-20(17)11-14-3-1-4-14)13-19-9-5-16-15(12-19)6-10-23-16/h6,10,14,22H,1-5,7-9,11-13H2. The molecule has 1 amide bonds. The summed E-state index contributed by atoms with van der Waals surface area (Å²) in [4.78, 5) is 18.5. The second kappa shape index (κ2) is 6.19. The molecule has 4 rings (SSSR count). The maximum atomic E-state index is 12.8. The number of aliphatic hydroxyl groups is 1. The predicted molar refractivity (Wildman–Crippen MR) is 91.4 cm³/mol. The van der Waals surface area contributed by atoms with Gasteiger partial charge >= 0.3 is 0 Å². The zero-order chi connectivity index (χ0) is 15.9. The first-order chi connectivity index (χ1) is 11.1. The van der Waals surface area contributed by atoms with Gasteiger partial charge in [0.15, 0.2) is 5.60 Å². The van der Waals surface area contributed by atoms with Crippen molar-refractivity contribution in [3.05, 3.63) is 21.9 Å². The number of rotatable bonds is 4. The van der Waals surface area contributed by atoms with Crippen molar-refractivity contribution in [2.75, 3.05) is 26.2 Å². The summed E-state index contributed by atoms with van der Waals surface area (Å²) in [7, 11) is 0. The molecule has 1 atom stereocenters. The minimum absolute atomic E-state index is 0.0215. The second-order valence-corrected chi connectivity index (χ2v) is 8.51. The Balaban J connectivity index is 1.41. The minimum Gasteiger partial charge on any atom is -0.379 e. The molecule has 1 N–H and O–H groups in total. The summed E-state index contributed by atoms with van der Waals surface area (Å²) in [5, 5.41) is 13.2. The van der Waals surface area contributed by atoms with E-state index >= 15 is 0 Å². The molecule has 23 heavy (non-hydrogen) atoms. The smallest absolute Gasteiger partial charge is 0.255 e. The van der Waals surface area contributed by atoms with Crippen LogP contribution in [-0.4, -0.2) is 52.6 Å². The molecule has 2 aliphatic heterocycles. The molecule has 126 valence electrons. The van der Waals surface area contributed by atoms with Gasteiger partial charge in [0.1, 0.15) is 0 Å². The molecular weight excluding hydrogens is 308 g/mol. The van der Waals surface area contributed by atoms with Crippen LogP contribution in [0, 0.1) is 5.92 Å². The normalized spacial score (nSPS) is 29.4. The van der Waals surface area contributed by atoms with Gasteiger partial charge in [-0.3, -0.25) is 9.69 Å². The van der Waals surface area contributed by atoms with Gasteiger partial charge in [0.2, 0.25) is 0 Å². The number of likely N-dealkylation sites (tertiary alicyclic amines) is 1. The van der Waals surface area contributed by atoms with Crippen LogP contribution in [-0.2, 0) is 17.8 Å². The average Bonchev–Trinajstić information content (AvgIpc) is 2.94. The Kier molecular flexibility index (Phi) is 4.20. The van der Waals surface area contributed by atoms with Crippen molar-refractivity contribution in [2.24, 2.45) is 5.92 Å². The molecule has 0 aromatic carbocycles. The van der Waals surface area contributed by atoms with Crippen LogP contribution in [0.15, 0.2) is 11.4 Å². The third kappa shape index (κ3) is 3.06. The minimum atomic E-state index is -1.17. The quantitative estimate of drug-likeness (QED) is 0.918. The lowest BCUT2D eigenvalue weighted by Gasteiger charge is -2.43. The lowest BCUT2D eigenvalue weighted by atomic mass is 9.83. The van der Waals surface area contributed by atoms with Crippen molar-refractivity contribution in [1.29, 1.82) is 0 Å². The molecule has 1 unspecified atom stereocenters. The van der Waals surface area contributed by atoms with E-state index in [1.54, 1.807) is 0 Å². The number of hydrogen-bond acceptors (Lipinski definition) is 4. The number of amides is 1. The third-order valence-electron chi connectivity index (χ3n) is 5.78. The van der Waals surface area contributed by atoms with E-state index in [1.807, 2.05) is 16.2 Å². The van der Waals surface area contributed by atoms with Crippen LogP contribution >= 0.6 is 11.3 Å². The van der Waals surface area contributed by atoms with Crippen molar-refractivity contribution in [1.82, 2.24) is 9.80 Å². The summed E-state index contributed by atoms with van der Waals surface area (Å²) >= 11 is 1.82. The zero-order valence-corrected chi connectivity index (χ0v) is 14.5. The first kappa shape index (κ1) is 15.6. The molecule has 0 spiro atoms. The van der Waals surface area contributed by atoms with Crippen LogP contribution in [0.3, 0.4) is 0 Å². The van der Waals surface area contributed by atoms with Gasteiger partial charge in [-0.25, -0.2) is 0 Å². The Morgan fingerprint density at radius 1 is 1.30 bits per heavy atom. The number of hydrogen-bond donors (Lipinski definition) is 1. The molecule has 1 aliphatic carbocycles. The molecule has 5 heteroatoms. The van der Waals surface area contributed by atoms with Crippen molar-refractivity contribution in [3.63, 3.8) is 0 Å². The highest BCUT2D eigenvalue weighted by Gasteiger charge is 2.44. The maximum absolute atomic E-state index is 12.8. The Hall–Kier alpha value is -0.910. The van der Waals surface area contributed by atoms with Gasteiger partial charge in [0, 0.05) is 37.6 Å². The van der Waals surface area contributed by atoms with Gasteiger partial charge in [-0.2, -0.15) is 0 Å². The van der Waals surface area contributed by atoms with E-state index in [-0.39, 0.29) is 5.91 Å². The van der Waals surface area contributed by atoms with Crippen LogP contribution in [0.5, 0.6) is 0 Å². The van der Waals surface area contributed by atoms with E-state index < -0.39 is 5.60 Å². The van der Waals surface area contributed by atoms with E-state index in [0.29, 0.717) is 18.9 Å². The monoisotopic (exact) mass is 334 g/mol. The molecule has 3 aliphatic rings. The second-order valence-electron chi connectivity index (χ2n) is 7.51. The van der Waals surface area contributed by atoms with E-state index in [1.165, 1.54) is 29.7 Å². The zero-order valence-electron chi connectivity index (χ0n) is 13.7. The predicted octanol–water partition coefficient (Wildman–Crippen LogP) is 2.26. The number of piperidine rings is 1. The summed E-state index contributed by atoms with van der Waals surface area (Å²) in [6, 6.07) is 2.18. The molecule has 1 saturated heterocycles. The first-order valence-corrected chi connectivity index (χ1v) is 9.81. The van der Waals surface area contributed by atoms with Gasteiger partial charge in [0.25, 0.3) is 5.91 Å². The van der Waals surface area contributed by atoms with Crippen LogP contribution in [0.25, 0.3) is 0 Å². The van der Waals surface area contributed by atoms with E-state index in [4.69, 9.17) is 0 Å². The lowest BCUT2D eigenvalue weighted by molar-refractivity contribution is -0.161. The van der Waals surface area contributed by atoms with Gasteiger partial charge < -0.3 is 10.0 Å². The number of β-amino-alcohol motifs (C(OH)–C–C–N with tert-alkyl or cyclic N) is 1. The van der Waals surface area contributed by atoms with Crippen molar-refractivity contribution < 1.29 is 9.90 Å². The molecule has 0 bridgehead atoms. The van der Waals surface area contributed by atoms with E-state index in [9.17, 15) is 9.90 Å². The molecule has 4 nitrogen and oxygen atoms in total. The van der Waals surface area contributed by atoms with Gasteiger partial charge in [0.05, 0.1) is 0 Å². The van der Waals surface area contributed by atoms with E-state index in [0.717, 1.165) is 39.0 Å². The van der Waals surface area contributed by atoms with E-state index in [2.05, 4.69) is 16.3 Å². The number of thiophene rings is 1. The van der Waals surface area contributed by atoms with Crippen LogP contribution in [0.4, 0.5) is 0 Å². The highest BCUT2D eigenvalue weighted by atomic mass is 32.1. The summed E-state index contributed by atoms with van der Waals surface area (Å²) in [5.41, 5.74) is 0.203. The van der Waals surface area contributed by atoms with Crippen molar-refractivity contribution >= 4 is 17.2 Å². The molecule has 1 saturated carbocycles. The summed E-state index contributed by atoms with van der Waals surface area (Å²) in [5.74, 6) is 0.649. The Morgan fingerprint density at radius 3 is 2.96 bits per heavy atom. The third-order valence-corrected chi connectivity index (χ3v) is 6.80. The molecule has 0 radical (unpaired) electrons. The first-order valence-electron chi connectivity index (χ1n) is 8.93. The Bertz CT molecular complexity index is 583. The summed E-state index contributed by atoms with van der Waals surface area (Å²) in [6.07, 6.45) is 6.37. The number of fused-ring (bicyclic) bond motifs is 1. The van der Waals surface area contributed by atoms with Crippen molar-refractivity contribution in [3.8, 4) is 0 Å². The van der Waals surface area contributed by atoms with Crippen LogP contribution in [0.1, 0.15) is 42.5 Å². The average molecular weight is 334 g/mol. The lowest BCUT2D eigenvalue weighted by Crippen LogP contribution is -2.59. The van der Waals surface area contributed by atoms with Crippen LogP contribution < -0.4 is 0 Å². The van der Waals surface area contributed by atoms with Crippen molar-refractivity contribution in [2.45, 2.75) is 50.7 Å². The van der Waals surface area contributed by atoms with Gasteiger partial charge in [-0.15, -0.1) is 11.3 Å². The number of carbonyl (C=O) groups excluding carboxylic acids is 1. The summed E-state index contributed by atoms with van der Waals surface area (Å²) < 4.78 is 0. The maximum Gasteiger partial charge on any atom is 0.255 e. The molecule has 1 aromatic heterocycles. The summed E-state index contributed by atoms with van der Waals surface area (Å²) in [6.45, 7) is 3.99. The fourth-order valence-electron chi connectivity index (χ4n) is 4.18. The highest BCUT2D eigenvalue weighted by Crippen LogP contribution is 2.32. The van der Waals surface area contributed by atoms with Gasteiger partial charge in [-0.1, -0.05) is 6.42 Å². The molecule has 3 heterocycles. The number of nitrogens with zero attached hydrogens (tertiary/aromatic N) is 2. The Labute approximate surface area is 142 Å². The number of carbonyl (C=O) groups is 1. The van der Waals surface area contributed by atoms with Gasteiger partial charge in [-0.05, 0) is 55.0 Å². The largest absolute Gasteiger partial charge is 0.379 e. The molecule has 2 fully saturated rings. The molecular formula is C18H26N2O2S. The topological polar surface area (TPSA) is 43.8 Å².